The first-order valence-electron chi connectivity index (χ1n) is 2.40. The number of carbonyl (C=O) groups is 1. The van der Waals surface area contributed by atoms with Gasteiger partial charge in [-0.3, -0.25) is 0 Å². The van der Waals surface area contributed by atoms with E-state index in [1.807, 2.05) is 0 Å². The summed E-state index contributed by atoms with van der Waals surface area (Å²) in [4.78, 5) is 13.3. The first-order valence-corrected chi connectivity index (χ1v) is 2.40. The molecule has 0 spiro atoms. The average molecular weight is 163 g/mol. The topological polar surface area (TPSA) is 62.4 Å². The van der Waals surface area contributed by atoms with Crippen molar-refractivity contribution in [1.82, 2.24) is 0 Å². The van der Waals surface area contributed by atoms with E-state index < -0.39 is 5.97 Å². The van der Waals surface area contributed by atoms with Crippen LogP contribution in [0.1, 0.15) is 6.92 Å². The summed E-state index contributed by atoms with van der Waals surface area (Å²) in [6, 6.07) is 0. The molecule has 0 saturated heterocycles. The van der Waals surface area contributed by atoms with Crippen LogP contribution in [0, 0.1) is 11.5 Å². The van der Waals surface area contributed by atoms with Crippen LogP contribution in [0.2, 0.25) is 0 Å². The number of nitrogens with zero attached hydrogens (tertiary/aromatic N) is 2. The molecule has 0 aromatic carbocycles. The number of rotatable bonds is 2. The van der Waals surface area contributed by atoms with Crippen LogP contribution >= 0.6 is 12.4 Å². The first kappa shape index (κ1) is 11.7. The Morgan fingerprint density at radius 3 is 2.90 bits per heavy atom. The van der Waals surface area contributed by atoms with Crippen LogP contribution in [0.25, 0.3) is 0 Å². The van der Waals surface area contributed by atoms with Gasteiger partial charge in [0.25, 0.3) is 0 Å². The zero-order chi connectivity index (χ0) is 7.11. The number of carbonyl (C=O) groups excluding carboxylic acids is 1. The molecule has 0 aliphatic heterocycles. The van der Waals surface area contributed by atoms with Crippen LogP contribution in [-0.2, 0) is 9.53 Å². The average Bonchev–Trinajstić information content (AvgIpc) is 1.85. The molecule has 0 rings (SSSR count). The highest BCUT2D eigenvalue weighted by Gasteiger charge is 1.91. The summed E-state index contributed by atoms with van der Waals surface area (Å²) in [5.41, 5.74) is 0. The van der Waals surface area contributed by atoms with Crippen LogP contribution in [0.3, 0.4) is 0 Å². The molecule has 0 aromatic heterocycles. The summed E-state index contributed by atoms with van der Waals surface area (Å²) in [5, 5.41) is 7.83. The van der Waals surface area contributed by atoms with Crippen LogP contribution in [-0.4, -0.2) is 18.8 Å². The van der Waals surface area contributed by atoms with Crippen LogP contribution in [0.4, 0.5) is 0 Å². The molecule has 0 fully saturated rings. The van der Waals surface area contributed by atoms with E-state index in [9.17, 15) is 4.79 Å². The lowest BCUT2D eigenvalue weighted by Crippen LogP contribution is -2.03. The van der Waals surface area contributed by atoms with Gasteiger partial charge in [-0.2, -0.15) is 10.3 Å². The van der Waals surface area contributed by atoms with E-state index in [4.69, 9.17) is 5.26 Å². The highest BCUT2D eigenvalue weighted by atomic mass is 35.5. The van der Waals surface area contributed by atoms with Gasteiger partial charge < -0.3 is 4.74 Å². The fraction of sp³-hybridized carbons (Fsp3) is 0.400. The normalized spacial score (nSPS) is 8.00. The Morgan fingerprint density at radius 2 is 2.50 bits per heavy atom. The fourth-order valence-electron chi connectivity index (χ4n) is 0.261. The largest absolute Gasteiger partial charge is 0.462 e. The molecular formula is C5H7ClN2O2. The van der Waals surface area contributed by atoms with Crippen molar-refractivity contribution in [2.45, 2.75) is 6.92 Å². The van der Waals surface area contributed by atoms with Gasteiger partial charge in [-0.1, -0.05) is 0 Å². The van der Waals surface area contributed by atoms with Crippen LogP contribution in [0.15, 0.2) is 4.99 Å². The van der Waals surface area contributed by atoms with Gasteiger partial charge in [0, 0.05) is 0 Å². The molecule has 0 saturated carbocycles. The molecule has 4 nitrogen and oxygen atoms in total. The van der Waals surface area contributed by atoms with Gasteiger partial charge in [0.2, 0.25) is 6.19 Å². The van der Waals surface area contributed by atoms with Gasteiger partial charge in [0.15, 0.2) is 0 Å². The number of halogens is 1. The lowest BCUT2D eigenvalue weighted by molar-refractivity contribution is -0.134. The molecule has 0 aromatic rings. The number of aliphatic imine (C=N–C) groups is 1. The number of hydrogen-bond donors (Lipinski definition) is 0. The molecule has 5 heteroatoms. The van der Waals surface area contributed by atoms with Gasteiger partial charge in [-0.15, -0.1) is 12.4 Å². The summed E-state index contributed by atoms with van der Waals surface area (Å²) in [6.45, 7) is 1.98. The van der Waals surface area contributed by atoms with E-state index in [0.717, 1.165) is 6.21 Å². The van der Waals surface area contributed by atoms with Gasteiger partial charge in [0.1, 0.15) is 6.21 Å². The standard InChI is InChI=1S/C5H6N2O2.ClH/c1-2-9-5(8)3-7-4-6;/h3H,2H2,1H3;1H/b7-3+;. The highest BCUT2D eigenvalue weighted by molar-refractivity contribution is 6.23. The summed E-state index contributed by atoms with van der Waals surface area (Å²) in [6.07, 6.45) is 2.26. The Labute approximate surface area is 64.9 Å². The fourth-order valence-corrected chi connectivity index (χ4v) is 0.261. The minimum absolute atomic E-state index is 0. The SMILES string of the molecule is CCOC(=O)/C=N/C#N.Cl. The second-order valence-electron chi connectivity index (χ2n) is 1.11. The van der Waals surface area contributed by atoms with Crippen molar-refractivity contribution in [2.75, 3.05) is 6.61 Å². The predicted octanol–water partition coefficient (Wildman–Crippen LogP) is 0.523. The minimum Gasteiger partial charge on any atom is -0.462 e. The molecule has 0 N–H and O–H groups in total. The maximum Gasteiger partial charge on any atom is 0.350 e. The monoisotopic (exact) mass is 162 g/mol. The minimum atomic E-state index is -0.584. The van der Waals surface area contributed by atoms with Crippen LogP contribution < -0.4 is 0 Å². The summed E-state index contributed by atoms with van der Waals surface area (Å²) in [7, 11) is 0. The third-order valence-corrected chi connectivity index (χ3v) is 0.514. The second kappa shape index (κ2) is 7.92. The van der Waals surface area contributed by atoms with Gasteiger partial charge in [0.05, 0.1) is 6.61 Å². The van der Waals surface area contributed by atoms with Crippen molar-refractivity contribution < 1.29 is 9.53 Å². The van der Waals surface area contributed by atoms with Gasteiger partial charge in [-0.25, -0.2) is 4.79 Å². The number of nitriles is 1. The summed E-state index contributed by atoms with van der Waals surface area (Å²) < 4.78 is 4.40. The number of esters is 1. The van der Waals surface area contributed by atoms with E-state index >= 15 is 0 Å². The summed E-state index contributed by atoms with van der Waals surface area (Å²) >= 11 is 0. The maximum absolute atomic E-state index is 10.3. The van der Waals surface area contributed by atoms with E-state index in [0.29, 0.717) is 6.61 Å². The zero-order valence-corrected chi connectivity index (χ0v) is 6.22. The summed E-state index contributed by atoms with van der Waals surface area (Å²) in [5.74, 6) is -0.584. The maximum atomic E-state index is 10.3. The van der Waals surface area contributed by atoms with Gasteiger partial charge >= 0.3 is 5.97 Å². The Kier molecular flexibility index (Phi) is 9.25. The molecular weight excluding hydrogens is 156 g/mol. The van der Waals surface area contributed by atoms with Gasteiger partial charge in [-0.05, 0) is 6.92 Å². The smallest absolute Gasteiger partial charge is 0.350 e. The first-order chi connectivity index (χ1) is 4.31. The molecule has 0 heterocycles. The lowest BCUT2D eigenvalue weighted by Gasteiger charge is -1.90. The Balaban J connectivity index is 0. The quantitative estimate of drug-likeness (QED) is 0.338. The molecule has 0 radical (unpaired) electrons. The van der Waals surface area contributed by atoms with E-state index in [1.54, 1.807) is 6.92 Å². The molecule has 0 bridgehead atoms. The third-order valence-electron chi connectivity index (χ3n) is 0.514. The molecule has 0 atom stereocenters. The third kappa shape index (κ3) is 6.92. The van der Waals surface area contributed by atoms with Crippen molar-refractivity contribution in [3.05, 3.63) is 0 Å². The molecule has 0 aliphatic carbocycles. The van der Waals surface area contributed by atoms with E-state index in [1.165, 1.54) is 6.19 Å². The van der Waals surface area contributed by atoms with Crippen molar-refractivity contribution in [3.63, 3.8) is 0 Å². The molecule has 0 unspecified atom stereocenters. The predicted molar refractivity (Wildman–Crippen MR) is 38.0 cm³/mol. The van der Waals surface area contributed by atoms with Crippen molar-refractivity contribution >= 4 is 24.6 Å². The van der Waals surface area contributed by atoms with Crippen molar-refractivity contribution in [3.8, 4) is 6.19 Å². The molecule has 56 valence electrons. The Morgan fingerprint density at radius 1 is 1.90 bits per heavy atom. The zero-order valence-electron chi connectivity index (χ0n) is 5.40. The Bertz CT molecular complexity index is 162. The lowest BCUT2D eigenvalue weighted by atomic mass is 10.7. The van der Waals surface area contributed by atoms with Crippen molar-refractivity contribution in [1.29, 1.82) is 5.26 Å². The van der Waals surface area contributed by atoms with Crippen LogP contribution in [0.5, 0.6) is 0 Å². The highest BCUT2D eigenvalue weighted by Crippen LogP contribution is 1.71. The number of ether oxygens (including phenoxy) is 1. The molecule has 10 heavy (non-hydrogen) atoms. The van der Waals surface area contributed by atoms with E-state index in [2.05, 4.69) is 9.73 Å². The molecule has 0 aliphatic rings. The van der Waals surface area contributed by atoms with E-state index in [-0.39, 0.29) is 12.4 Å². The van der Waals surface area contributed by atoms with Crippen molar-refractivity contribution in [2.24, 2.45) is 4.99 Å². The Hall–Kier alpha value is -1.08. The number of hydrogen-bond acceptors (Lipinski definition) is 4. The second-order valence-corrected chi connectivity index (χ2v) is 1.11. The molecule has 0 amide bonds.